The summed E-state index contributed by atoms with van der Waals surface area (Å²) in [7, 11) is 1.62. The molecule has 1 atom stereocenters. The Balaban J connectivity index is 1.35. The average Bonchev–Trinajstić information content (AvgIpc) is 3.39. The number of piperazine rings is 1. The summed E-state index contributed by atoms with van der Waals surface area (Å²) in [5.41, 5.74) is 5.21. The van der Waals surface area contributed by atoms with Gasteiger partial charge < -0.3 is 20.1 Å². The molecular formula is C31H46N8O2S. The molecule has 4 heterocycles. The molecule has 4 rings (SSSR count). The van der Waals surface area contributed by atoms with Crippen molar-refractivity contribution >= 4 is 35.5 Å². The molecule has 11 heteroatoms. The highest BCUT2D eigenvalue weighted by atomic mass is 32.1. The molecule has 1 unspecified atom stereocenters. The Morgan fingerprint density at radius 2 is 2.00 bits per heavy atom. The topological polar surface area (TPSA) is 102 Å². The van der Waals surface area contributed by atoms with E-state index in [1.807, 2.05) is 13.0 Å². The van der Waals surface area contributed by atoms with Gasteiger partial charge in [0.2, 0.25) is 0 Å². The van der Waals surface area contributed by atoms with Gasteiger partial charge >= 0.3 is 0 Å². The zero-order valence-electron chi connectivity index (χ0n) is 25.7. The Hall–Kier alpha value is -3.28. The highest BCUT2D eigenvalue weighted by Crippen LogP contribution is 2.32. The predicted octanol–water partition coefficient (Wildman–Crippen LogP) is 5.18. The highest BCUT2D eigenvalue weighted by molar-refractivity contribution is 6.99. The number of allylic oxidation sites excluding steroid dienone is 1. The fourth-order valence-electron chi connectivity index (χ4n) is 5.89. The first-order chi connectivity index (χ1) is 20.3. The molecule has 228 valence electrons. The molecule has 2 aromatic rings. The smallest absolute Gasteiger partial charge is 0.171 e. The molecule has 42 heavy (non-hydrogen) atoms. The van der Waals surface area contributed by atoms with Crippen molar-refractivity contribution < 1.29 is 9.84 Å². The fourth-order valence-corrected chi connectivity index (χ4v) is 6.40. The molecule has 0 bridgehead atoms. The van der Waals surface area contributed by atoms with Crippen LogP contribution in [0.3, 0.4) is 0 Å². The molecule has 10 nitrogen and oxygen atoms in total. The molecule has 2 aliphatic rings. The Kier molecular flexibility index (Phi) is 11.5. The standard InChI is InChI=1S/C31H46N8O2S/c1-7-24(25(15-22(3)4)17-32-21-41-6)19-37-11-9-28(10-12-37)39-14-13-38(20-27(39)8-2)31-29(40)16-26(18-33-31)34-30-23(5)35-42-36-30/h7,15-16,18,21,27-28,40H,1,8-14,17,19-20H2,2-6H3,(H,34,36)/b25-24-,32-21?. The number of hydrogen-bond acceptors (Lipinski definition) is 11. The van der Waals surface area contributed by atoms with Crippen LogP contribution in [0.1, 0.15) is 45.7 Å². The summed E-state index contributed by atoms with van der Waals surface area (Å²) in [6.07, 6.45) is 10.8. The lowest BCUT2D eigenvalue weighted by atomic mass is 9.97. The van der Waals surface area contributed by atoms with E-state index in [2.05, 4.69) is 72.2 Å². The van der Waals surface area contributed by atoms with Crippen LogP contribution in [0, 0.1) is 6.92 Å². The maximum atomic E-state index is 10.9. The Labute approximate surface area is 254 Å². The SMILES string of the molecule is C=C/C(CN1CCC(N2CCN(c3ncc(Nc4nsnc4C)cc3O)CC2CC)CC1)=C(\C=C(C)C)CN=COC. The number of rotatable bonds is 12. The van der Waals surface area contributed by atoms with Crippen LogP contribution in [0.2, 0.25) is 0 Å². The van der Waals surface area contributed by atoms with Crippen LogP contribution in [0.25, 0.3) is 0 Å². The van der Waals surface area contributed by atoms with Gasteiger partial charge in [-0.15, -0.1) is 0 Å². The molecule has 2 aliphatic heterocycles. The molecule has 0 aromatic carbocycles. The Bertz CT molecular complexity index is 1280. The van der Waals surface area contributed by atoms with Gasteiger partial charge in [-0.1, -0.05) is 31.2 Å². The van der Waals surface area contributed by atoms with Crippen molar-refractivity contribution in [3.05, 3.63) is 53.4 Å². The summed E-state index contributed by atoms with van der Waals surface area (Å²) in [6.45, 7) is 18.8. The van der Waals surface area contributed by atoms with Crippen molar-refractivity contribution in [1.29, 1.82) is 0 Å². The number of nitrogens with one attached hydrogen (secondary N) is 1. The quantitative estimate of drug-likeness (QED) is 0.196. The number of methoxy groups -OCH3 is 1. The van der Waals surface area contributed by atoms with Crippen LogP contribution in [0.4, 0.5) is 17.3 Å². The minimum Gasteiger partial charge on any atom is -0.504 e. The number of aromatic hydroxyl groups is 1. The van der Waals surface area contributed by atoms with Gasteiger partial charge in [-0.3, -0.25) is 14.8 Å². The normalized spacial score (nSPS) is 19.5. The Morgan fingerprint density at radius 1 is 1.21 bits per heavy atom. The van der Waals surface area contributed by atoms with Crippen LogP contribution in [0.5, 0.6) is 5.75 Å². The summed E-state index contributed by atoms with van der Waals surface area (Å²) < 4.78 is 13.5. The first-order valence-corrected chi connectivity index (χ1v) is 15.5. The lowest BCUT2D eigenvalue weighted by Crippen LogP contribution is -2.58. The van der Waals surface area contributed by atoms with Crippen molar-refractivity contribution in [3.63, 3.8) is 0 Å². The van der Waals surface area contributed by atoms with E-state index in [0.717, 1.165) is 76.0 Å². The van der Waals surface area contributed by atoms with Gasteiger partial charge in [0.1, 0.15) is 0 Å². The molecule has 2 fully saturated rings. The number of ether oxygens (including phenoxy) is 1. The average molecular weight is 595 g/mol. The Morgan fingerprint density at radius 3 is 2.62 bits per heavy atom. The summed E-state index contributed by atoms with van der Waals surface area (Å²) in [5.74, 6) is 1.53. The maximum Gasteiger partial charge on any atom is 0.171 e. The summed E-state index contributed by atoms with van der Waals surface area (Å²) in [5, 5.41) is 14.1. The van der Waals surface area contributed by atoms with Crippen LogP contribution in [-0.2, 0) is 4.74 Å². The van der Waals surface area contributed by atoms with E-state index in [1.165, 1.54) is 23.1 Å². The zero-order chi connectivity index (χ0) is 30.1. The number of anilines is 3. The molecule has 0 radical (unpaired) electrons. The van der Waals surface area contributed by atoms with Gasteiger partial charge in [0.25, 0.3) is 0 Å². The molecule has 2 N–H and O–H groups in total. The molecule has 2 saturated heterocycles. The number of aryl methyl sites for hydroxylation is 1. The van der Waals surface area contributed by atoms with Gasteiger partial charge in [-0.2, -0.15) is 8.75 Å². The van der Waals surface area contributed by atoms with Crippen LogP contribution >= 0.6 is 11.7 Å². The van der Waals surface area contributed by atoms with Gasteiger partial charge in [-0.05, 0) is 64.3 Å². The first-order valence-electron chi connectivity index (χ1n) is 14.8. The monoisotopic (exact) mass is 594 g/mol. The third kappa shape index (κ3) is 8.17. The van der Waals surface area contributed by atoms with Crippen LogP contribution < -0.4 is 10.2 Å². The largest absolute Gasteiger partial charge is 0.504 e. The number of aliphatic imine (C=N–C) groups is 1. The maximum absolute atomic E-state index is 10.9. The summed E-state index contributed by atoms with van der Waals surface area (Å²) in [4.78, 5) is 16.5. The second-order valence-corrected chi connectivity index (χ2v) is 11.8. The molecule has 0 aliphatic carbocycles. The summed E-state index contributed by atoms with van der Waals surface area (Å²) in [6, 6.07) is 2.71. The highest BCUT2D eigenvalue weighted by Gasteiger charge is 2.34. The minimum atomic E-state index is 0.184. The lowest BCUT2D eigenvalue weighted by Gasteiger charge is -2.47. The summed E-state index contributed by atoms with van der Waals surface area (Å²) >= 11 is 1.16. The number of pyridine rings is 1. The van der Waals surface area contributed by atoms with E-state index < -0.39 is 0 Å². The van der Waals surface area contributed by atoms with Crippen molar-refractivity contribution in [1.82, 2.24) is 23.5 Å². The first kappa shape index (κ1) is 31.7. The second kappa shape index (κ2) is 15.3. The number of aromatic nitrogens is 3. The van der Waals surface area contributed by atoms with E-state index in [1.54, 1.807) is 19.4 Å². The van der Waals surface area contributed by atoms with E-state index in [0.29, 0.717) is 36.0 Å². The van der Waals surface area contributed by atoms with E-state index in [9.17, 15) is 5.11 Å². The lowest BCUT2D eigenvalue weighted by molar-refractivity contribution is 0.0658. The number of nitrogens with zero attached hydrogens (tertiary/aromatic N) is 7. The third-order valence-corrected chi connectivity index (χ3v) is 8.66. The number of piperidine rings is 1. The van der Waals surface area contributed by atoms with E-state index >= 15 is 0 Å². The van der Waals surface area contributed by atoms with Crippen LogP contribution in [0.15, 0.2) is 52.7 Å². The van der Waals surface area contributed by atoms with E-state index in [-0.39, 0.29) is 5.75 Å². The zero-order valence-corrected chi connectivity index (χ0v) is 26.5. The molecule has 2 aromatic heterocycles. The van der Waals surface area contributed by atoms with E-state index in [4.69, 9.17) is 4.74 Å². The van der Waals surface area contributed by atoms with Gasteiger partial charge in [0.15, 0.2) is 23.8 Å². The molecule has 0 saturated carbocycles. The minimum absolute atomic E-state index is 0.184. The van der Waals surface area contributed by atoms with Crippen molar-refractivity contribution in [2.45, 2.75) is 59.0 Å². The van der Waals surface area contributed by atoms with Crippen molar-refractivity contribution in [2.75, 3.05) is 63.1 Å². The van der Waals surface area contributed by atoms with Gasteiger partial charge in [0, 0.05) is 44.3 Å². The van der Waals surface area contributed by atoms with Crippen molar-refractivity contribution in [2.24, 2.45) is 4.99 Å². The van der Waals surface area contributed by atoms with Crippen LogP contribution in [-0.4, -0.2) is 100 Å². The van der Waals surface area contributed by atoms with Crippen molar-refractivity contribution in [3.8, 4) is 5.75 Å². The molecular weight excluding hydrogens is 548 g/mol. The van der Waals surface area contributed by atoms with Gasteiger partial charge in [0.05, 0.1) is 43.0 Å². The fraction of sp³-hybridized carbons (Fsp3) is 0.548. The second-order valence-electron chi connectivity index (χ2n) is 11.3. The number of hydrogen-bond donors (Lipinski definition) is 2. The predicted molar refractivity (Wildman–Crippen MR) is 173 cm³/mol. The number of likely N-dealkylation sites (tertiary alicyclic amines) is 1. The van der Waals surface area contributed by atoms with Gasteiger partial charge in [-0.25, -0.2) is 4.98 Å². The molecule has 0 spiro atoms. The third-order valence-electron chi connectivity index (χ3n) is 8.05. The molecule has 0 amide bonds.